The fourth-order valence-corrected chi connectivity index (χ4v) is 8.34. The van der Waals surface area contributed by atoms with Crippen molar-refractivity contribution in [2.24, 2.45) is 0 Å². The van der Waals surface area contributed by atoms with Crippen molar-refractivity contribution in [3.05, 3.63) is 245 Å². The maximum absolute atomic E-state index is 2.47. The minimum atomic E-state index is 1.22. The first-order valence-electron chi connectivity index (χ1n) is 18.0. The van der Waals surface area contributed by atoms with Crippen LogP contribution >= 0.6 is 0 Å². The van der Waals surface area contributed by atoms with Crippen molar-refractivity contribution in [3.63, 3.8) is 0 Å². The molecule has 0 bridgehead atoms. The van der Waals surface area contributed by atoms with E-state index in [1.807, 2.05) is 0 Å². The monoisotopic (exact) mass is 658 g/mol. The van der Waals surface area contributed by atoms with Crippen molar-refractivity contribution in [2.45, 2.75) is 0 Å². The smallest absolute Gasteiger partial charge is 0.000137 e. The van der Waals surface area contributed by atoms with E-state index in [2.05, 4.69) is 206 Å². The molecule has 0 aromatic heterocycles. The second-order valence-corrected chi connectivity index (χ2v) is 13.6. The highest BCUT2D eigenvalue weighted by Gasteiger charge is 2.40. The first-order chi connectivity index (χ1) is 25.8. The van der Waals surface area contributed by atoms with Crippen LogP contribution in [0, 0.1) is 0 Å². The Balaban J connectivity index is 1.35. The first kappa shape index (κ1) is 30.1. The number of rotatable bonds is 6. The molecule has 0 fully saturated rings. The molecule has 0 radical (unpaired) electrons. The van der Waals surface area contributed by atoms with Gasteiger partial charge in [0.15, 0.2) is 0 Å². The van der Waals surface area contributed by atoms with Crippen LogP contribution in [0.25, 0.3) is 60.9 Å². The van der Waals surface area contributed by atoms with Gasteiger partial charge >= 0.3 is 0 Å². The van der Waals surface area contributed by atoms with Gasteiger partial charge in [-0.2, -0.15) is 0 Å². The highest BCUT2D eigenvalue weighted by molar-refractivity contribution is 6.39. The zero-order valence-corrected chi connectivity index (χ0v) is 28.6. The van der Waals surface area contributed by atoms with Gasteiger partial charge in [0.1, 0.15) is 0 Å². The molecule has 242 valence electrons. The van der Waals surface area contributed by atoms with E-state index in [0.29, 0.717) is 0 Å². The SMILES string of the molecule is c1ccc(C2=C(c3ccccc3)C(c3ccccc3)=C3C2=C(c2ccccc2)c2cc4cc(-c5ccccc5)c(-c5ccccc5)cc4cc23)cc1. The minimum absolute atomic E-state index is 1.22. The topological polar surface area (TPSA) is 0 Å². The molecule has 0 spiro atoms. The molecular formula is C52H34. The third-order valence-corrected chi connectivity index (χ3v) is 10.6. The lowest BCUT2D eigenvalue weighted by Crippen LogP contribution is -1.96. The number of allylic oxidation sites excluding steroid dienone is 5. The van der Waals surface area contributed by atoms with E-state index in [1.165, 1.54) is 99.8 Å². The Kier molecular flexibility index (Phi) is 7.25. The lowest BCUT2D eigenvalue weighted by atomic mass is 9.85. The molecule has 2 aliphatic rings. The van der Waals surface area contributed by atoms with Crippen LogP contribution in [0.1, 0.15) is 33.4 Å². The van der Waals surface area contributed by atoms with Crippen molar-refractivity contribution in [2.75, 3.05) is 0 Å². The van der Waals surface area contributed by atoms with Crippen LogP contribution in [-0.2, 0) is 0 Å². The summed E-state index contributed by atoms with van der Waals surface area (Å²) in [5.41, 5.74) is 20.2. The lowest BCUT2D eigenvalue weighted by Gasteiger charge is -2.18. The van der Waals surface area contributed by atoms with Crippen molar-refractivity contribution in [1.29, 1.82) is 0 Å². The predicted molar refractivity (Wildman–Crippen MR) is 220 cm³/mol. The van der Waals surface area contributed by atoms with E-state index in [4.69, 9.17) is 0 Å². The highest BCUT2D eigenvalue weighted by Crippen LogP contribution is 2.62. The normalized spacial score (nSPS) is 13.5. The molecule has 0 aliphatic heterocycles. The van der Waals surface area contributed by atoms with Gasteiger partial charge in [0.2, 0.25) is 0 Å². The highest BCUT2D eigenvalue weighted by atomic mass is 14.4. The maximum Gasteiger partial charge on any atom is -0.000137 e. The second kappa shape index (κ2) is 12.5. The van der Waals surface area contributed by atoms with E-state index >= 15 is 0 Å². The predicted octanol–water partition coefficient (Wildman–Crippen LogP) is 13.5. The number of benzene rings is 8. The van der Waals surface area contributed by atoms with Gasteiger partial charge in [-0.1, -0.05) is 182 Å². The van der Waals surface area contributed by atoms with Gasteiger partial charge in [0, 0.05) is 0 Å². The summed E-state index contributed by atoms with van der Waals surface area (Å²) in [6, 6.07) is 75.4. The molecule has 0 nitrogen and oxygen atoms in total. The summed E-state index contributed by atoms with van der Waals surface area (Å²) in [7, 11) is 0. The van der Waals surface area contributed by atoms with Crippen LogP contribution in [0.4, 0.5) is 0 Å². The molecule has 0 unspecified atom stereocenters. The number of fused-ring (bicyclic) bond motifs is 4. The summed E-state index contributed by atoms with van der Waals surface area (Å²) in [5, 5.41) is 2.47. The summed E-state index contributed by atoms with van der Waals surface area (Å²) in [4.78, 5) is 0. The molecule has 0 amide bonds. The van der Waals surface area contributed by atoms with E-state index in [9.17, 15) is 0 Å². The van der Waals surface area contributed by atoms with Crippen LogP contribution in [0.3, 0.4) is 0 Å². The fourth-order valence-electron chi connectivity index (χ4n) is 8.34. The molecule has 0 atom stereocenters. The molecule has 8 aromatic rings. The molecule has 2 aliphatic carbocycles. The average Bonchev–Trinajstić information content (AvgIpc) is 3.73. The van der Waals surface area contributed by atoms with E-state index < -0.39 is 0 Å². The average molecular weight is 659 g/mol. The zero-order chi connectivity index (χ0) is 34.4. The molecular weight excluding hydrogens is 625 g/mol. The van der Waals surface area contributed by atoms with Crippen LogP contribution in [0.2, 0.25) is 0 Å². The van der Waals surface area contributed by atoms with E-state index in [0.717, 1.165) is 0 Å². The lowest BCUT2D eigenvalue weighted by molar-refractivity contribution is 1.55. The van der Waals surface area contributed by atoms with Gasteiger partial charge < -0.3 is 0 Å². The van der Waals surface area contributed by atoms with Gasteiger partial charge in [-0.25, -0.2) is 0 Å². The molecule has 0 saturated carbocycles. The maximum atomic E-state index is 2.47. The van der Waals surface area contributed by atoms with Crippen LogP contribution in [-0.4, -0.2) is 0 Å². The Hall–Kier alpha value is -6.76. The number of hydrogen-bond acceptors (Lipinski definition) is 0. The second-order valence-electron chi connectivity index (χ2n) is 13.6. The Morgan fingerprint density at radius 1 is 0.173 bits per heavy atom. The molecule has 8 aromatic carbocycles. The third kappa shape index (κ3) is 4.92. The van der Waals surface area contributed by atoms with Gasteiger partial charge in [-0.15, -0.1) is 0 Å². The fraction of sp³-hybridized carbons (Fsp3) is 0. The van der Waals surface area contributed by atoms with Crippen LogP contribution in [0.15, 0.2) is 212 Å². The zero-order valence-electron chi connectivity index (χ0n) is 28.6. The van der Waals surface area contributed by atoms with Gasteiger partial charge in [-0.05, 0) is 124 Å². The van der Waals surface area contributed by atoms with Gasteiger partial charge in [0.25, 0.3) is 0 Å². The van der Waals surface area contributed by atoms with Crippen LogP contribution in [0.5, 0.6) is 0 Å². The van der Waals surface area contributed by atoms with Crippen molar-refractivity contribution >= 4 is 38.6 Å². The Morgan fingerprint density at radius 3 is 0.788 bits per heavy atom. The minimum Gasteiger partial charge on any atom is -0.0622 e. The first-order valence-corrected chi connectivity index (χ1v) is 18.0. The van der Waals surface area contributed by atoms with Crippen molar-refractivity contribution in [1.82, 2.24) is 0 Å². The molecule has 0 saturated heterocycles. The molecule has 0 heterocycles. The largest absolute Gasteiger partial charge is 0.0622 e. The summed E-state index contributed by atoms with van der Waals surface area (Å²) >= 11 is 0. The standard InChI is InChI=1S/C52H34/c1-7-19-35(20-8-1)43-31-41-33-45-46(34-42(41)32-44(43)36-21-9-2-10-22-36)51-49(39-27-15-5-16-28-39)48(38-25-13-4-14-26-38)50(40-29-17-6-18-30-40)52(51)47(45)37-23-11-3-12-24-37/h1-34H. The van der Waals surface area contributed by atoms with E-state index in [1.54, 1.807) is 0 Å². The van der Waals surface area contributed by atoms with Crippen molar-refractivity contribution < 1.29 is 0 Å². The molecule has 10 rings (SSSR count). The Labute approximate surface area is 305 Å². The Morgan fingerprint density at radius 2 is 0.423 bits per heavy atom. The summed E-state index contributed by atoms with van der Waals surface area (Å²) in [5.74, 6) is 0. The summed E-state index contributed by atoms with van der Waals surface area (Å²) in [6.07, 6.45) is 0. The Bertz CT molecular complexity index is 2700. The summed E-state index contributed by atoms with van der Waals surface area (Å²) < 4.78 is 0. The van der Waals surface area contributed by atoms with Crippen LogP contribution < -0.4 is 0 Å². The number of hydrogen-bond donors (Lipinski definition) is 0. The van der Waals surface area contributed by atoms with Gasteiger partial charge in [-0.3, -0.25) is 0 Å². The van der Waals surface area contributed by atoms with Gasteiger partial charge in [0.05, 0.1) is 0 Å². The molecule has 52 heavy (non-hydrogen) atoms. The molecule has 0 N–H and O–H groups in total. The summed E-state index contributed by atoms with van der Waals surface area (Å²) in [6.45, 7) is 0. The van der Waals surface area contributed by atoms with Crippen molar-refractivity contribution in [3.8, 4) is 22.3 Å². The molecule has 0 heteroatoms. The van der Waals surface area contributed by atoms with E-state index in [-0.39, 0.29) is 0 Å². The quantitative estimate of drug-likeness (QED) is 0.167. The third-order valence-electron chi connectivity index (χ3n) is 10.6.